The maximum Gasteiger partial charge on any atom is 0.335 e. The van der Waals surface area contributed by atoms with Crippen molar-refractivity contribution < 1.29 is 24.2 Å². The summed E-state index contributed by atoms with van der Waals surface area (Å²) < 4.78 is 5.26. The van der Waals surface area contributed by atoms with Gasteiger partial charge in [0.1, 0.15) is 11.5 Å². The van der Waals surface area contributed by atoms with Crippen LogP contribution in [0.3, 0.4) is 0 Å². The van der Waals surface area contributed by atoms with E-state index in [2.05, 4.69) is 9.84 Å². The highest BCUT2D eigenvalue weighted by atomic mass is 16.5. The van der Waals surface area contributed by atoms with Crippen molar-refractivity contribution >= 4 is 40.6 Å². The van der Waals surface area contributed by atoms with Gasteiger partial charge in [0.2, 0.25) is 0 Å². The first-order chi connectivity index (χ1) is 15.6. The Labute approximate surface area is 191 Å². The summed E-state index contributed by atoms with van der Waals surface area (Å²) in [6, 6.07) is 9.31. The van der Waals surface area contributed by atoms with E-state index < -0.39 is 17.8 Å². The van der Waals surface area contributed by atoms with Gasteiger partial charge in [-0.2, -0.15) is 0 Å². The number of methoxy groups -OCH3 is 1. The Morgan fingerprint density at radius 1 is 1.12 bits per heavy atom. The fourth-order valence-corrected chi connectivity index (χ4v) is 3.38. The van der Waals surface area contributed by atoms with Crippen LogP contribution in [-0.4, -0.2) is 49.8 Å². The lowest BCUT2D eigenvalue weighted by atomic mass is 10.0. The number of benzene rings is 2. The molecule has 1 heterocycles. The van der Waals surface area contributed by atoms with E-state index in [1.165, 1.54) is 26.2 Å². The second-order valence-corrected chi connectivity index (χ2v) is 7.55. The fraction of sp³-hybridized carbons (Fsp3) is 0.208. The molecule has 0 bridgehead atoms. The average molecular weight is 446 g/mol. The molecule has 0 saturated heterocycles. The Balaban J connectivity index is 2.23. The minimum Gasteiger partial charge on any atom is -0.495 e. The number of carboxylic acids is 1. The van der Waals surface area contributed by atoms with E-state index >= 15 is 0 Å². The van der Waals surface area contributed by atoms with Crippen LogP contribution in [0.25, 0.3) is 4.85 Å². The molecule has 9 heteroatoms. The third-order valence-corrected chi connectivity index (χ3v) is 5.23. The summed E-state index contributed by atoms with van der Waals surface area (Å²) in [6.07, 6.45) is 0. The molecule has 2 aromatic rings. The molecule has 168 valence electrons. The molecule has 2 amide bonds. The molecular formula is C24H22N4O5. The molecule has 0 aliphatic carbocycles. The Morgan fingerprint density at radius 3 is 2.36 bits per heavy atom. The highest BCUT2D eigenvalue weighted by Gasteiger charge is 2.39. The number of nitrogens with zero attached hydrogens (tertiary/aromatic N) is 4. The molecule has 0 spiro atoms. The number of aryl methyl sites for hydroxylation is 1. The van der Waals surface area contributed by atoms with Gasteiger partial charge in [0.25, 0.3) is 17.5 Å². The second-order valence-electron chi connectivity index (χ2n) is 7.55. The van der Waals surface area contributed by atoms with Gasteiger partial charge in [0, 0.05) is 19.8 Å². The zero-order chi connectivity index (χ0) is 24.4. The van der Waals surface area contributed by atoms with Gasteiger partial charge in [-0.15, -0.1) is 0 Å². The monoisotopic (exact) mass is 446 g/mol. The molecule has 0 fully saturated rings. The lowest BCUT2D eigenvalue weighted by Gasteiger charge is -2.28. The lowest BCUT2D eigenvalue weighted by molar-refractivity contribution is -0.121. The number of hydrogen-bond donors (Lipinski definition) is 1. The number of aliphatic imine (C=N–C) groups is 1. The van der Waals surface area contributed by atoms with E-state index in [1.54, 1.807) is 6.07 Å². The zero-order valence-electron chi connectivity index (χ0n) is 18.8. The molecule has 0 atom stereocenters. The normalized spacial score (nSPS) is 15.0. The number of carbonyl (C=O) groups excluding carboxylic acids is 2. The third-order valence-electron chi connectivity index (χ3n) is 5.23. The van der Waals surface area contributed by atoms with Crippen LogP contribution < -0.4 is 14.5 Å². The van der Waals surface area contributed by atoms with E-state index in [0.717, 1.165) is 22.2 Å². The number of hydrogen-bond acceptors (Lipinski definition) is 6. The number of anilines is 2. The van der Waals surface area contributed by atoms with E-state index in [1.807, 2.05) is 38.1 Å². The van der Waals surface area contributed by atoms with Crippen molar-refractivity contribution in [3.05, 3.63) is 70.2 Å². The quantitative estimate of drug-likeness (QED) is 0.556. The van der Waals surface area contributed by atoms with Crippen molar-refractivity contribution in [3.8, 4) is 5.75 Å². The fourth-order valence-electron chi connectivity index (χ4n) is 3.38. The van der Waals surface area contributed by atoms with E-state index in [0.29, 0.717) is 5.69 Å². The van der Waals surface area contributed by atoms with Gasteiger partial charge in [0.15, 0.2) is 0 Å². The lowest BCUT2D eigenvalue weighted by Crippen LogP contribution is -2.46. The summed E-state index contributed by atoms with van der Waals surface area (Å²) in [5.74, 6) is -2.77. The first-order valence-electron chi connectivity index (χ1n) is 9.86. The predicted molar refractivity (Wildman–Crippen MR) is 124 cm³/mol. The Hall–Kier alpha value is -4.45. The maximum atomic E-state index is 13.5. The molecule has 0 radical (unpaired) electrons. The largest absolute Gasteiger partial charge is 0.495 e. The smallest absolute Gasteiger partial charge is 0.335 e. The van der Waals surface area contributed by atoms with Gasteiger partial charge in [-0.1, -0.05) is 0 Å². The number of rotatable bonds is 5. The molecule has 1 N–H and O–H groups in total. The Morgan fingerprint density at radius 2 is 1.82 bits per heavy atom. The van der Waals surface area contributed by atoms with Gasteiger partial charge in [-0.3, -0.25) is 9.59 Å². The molecule has 0 saturated carbocycles. The van der Waals surface area contributed by atoms with Gasteiger partial charge in [-0.25, -0.2) is 19.5 Å². The van der Waals surface area contributed by atoms with Crippen molar-refractivity contribution in [1.29, 1.82) is 0 Å². The number of imide groups is 1. The molecule has 33 heavy (non-hydrogen) atoms. The van der Waals surface area contributed by atoms with Gasteiger partial charge < -0.3 is 14.7 Å². The number of aromatic carboxylic acids is 1. The van der Waals surface area contributed by atoms with Crippen LogP contribution in [0.5, 0.6) is 5.75 Å². The highest BCUT2D eigenvalue weighted by Crippen LogP contribution is 2.35. The number of carbonyl (C=O) groups is 3. The van der Waals surface area contributed by atoms with Crippen LogP contribution >= 0.6 is 0 Å². The predicted octanol–water partition coefficient (Wildman–Crippen LogP) is 3.61. The molecule has 0 aromatic heterocycles. The van der Waals surface area contributed by atoms with Crippen LogP contribution in [0.15, 0.2) is 52.7 Å². The summed E-state index contributed by atoms with van der Waals surface area (Å²) in [5, 5.41) is 9.37. The van der Waals surface area contributed by atoms with Crippen molar-refractivity contribution in [2.45, 2.75) is 13.8 Å². The molecular weight excluding hydrogens is 424 g/mol. The molecule has 2 aromatic carbocycles. The topological polar surface area (TPSA) is 104 Å². The van der Waals surface area contributed by atoms with Crippen molar-refractivity contribution in [2.24, 2.45) is 4.99 Å². The van der Waals surface area contributed by atoms with Gasteiger partial charge in [0.05, 0.1) is 30.6 Å². The summed E-state index contributed by atoms with van der Waals surface area (Å²) in [6.45, 7) is 10.8. The number of amides is 2. The molecule has 1 aliphatic heterocycles. The van der Waals surface area contributed by atoms with Crippen molar-refractivity contribution in [2.75, 3.05) is 31.0 Å². The highest BCUT2D eigenvalue weighted by molar-refractivity contribution is 6.57. The first kappa shape index (κ1) is 23.2. The van der Waals surface area contributed by atoms with Crippen molar-refractivity contribution in [3.63, 3.8) is 0 Å². The Kier molecular flexibility index (Phi) is 6.31. The molecule has 9 nitrogen and oxygen atoms in total. The summed E-state index contributed by atoms with van der Waals surface area (Å²) in [5.41, 5.74) is 1.83. The summed E-state index contributed by atoms with van der Waals surface area (Å²) >= 11 is 0. The zero-order valence-corrected chi connectivity index (χ0v) is 18.8. The number of ether oxygens (including phenoxy) is 1. The molecule has 0 unspecified atom stereocenters. The summed E-state index contributed by atoms with van der Waals surface area (Å²) in [7, 11) is 5.14. The Bertz CT molecular complexity index is 1280. The van der Waals surface area contributed by atoms with Crippen LogP contribution in [0.1, 0.15) is 22.8 Å². The summed E-state index contributed by atoms with van der Waals surface area (Å²) in [4.78, 5) is 48.5. The second kappa shape index (κ2) is 8.96. The first-order valence-corrected chi connectivity index (χ1v) is 9.86. The molecule has 3 rings (SSSR count). The maximum absolute atomic E-state index is 13.5. The average Bonchev–Trinajstić information content (AvgIpc) is 2.77. The van der Waals surface area contributed by atoms with Gasteiger partial charge >= 0.3 is 5.97 Å². The minimum atomic E-state index is -1.24. The van der Waals surface area contributed by atoms with E-state index in [-0.39, 0.29) is 34.0 Å². The molecule has 1 aliphatic rings. The van der Waals surface area contributed by atoms with E-state index in [9.17, 15) is 19.5 Å². The van der Waals surface area contributed by atoms with Crippen LogP contribution in [-0.2, 0) is 9.59 Å². The van der Waals surface area contributed by atoms with Gasteiger partial charge in [-0.05, 0) is 61.4 Å². The van der Waals surface area contributed by atoms with Crippen molar-refractivity contribution in [1.82, 2.24) is 0 Å². The van der Waals surface area contributed by atoms with E-state index in [4.69, 9.17) is 11.3 Å². The minimum absolute atomic E-state index is 0.0755. The van der Waals surface area contributed by atoms with Crippen LogP contribution in [0.2, 0.25) is 0 Å². The van der Waals surface area contributed by atoms with Crippen LogP contribution in [0.4, 0.5) is 17.1 Å². The standard InChI is InChI=1S/C24H22N4O5/c1-13-11-16(27(4)5)8-9-17(13)26-21-14(2)20(25-3)22(29)28(23(21)30)18-12-15(24(31)32)7-10-19(18)33-6/h7-12H,1-2,4-6H3,(H,31,32). The number of carboxylic acid groups (broad SMARTS) is 1. The van der Waals surface area contributed by atoms with Crippen LogP contribution in [0, 0.1) is 13.5 Å². The SMILES string of the molecule is [C-]#[N+]C1=C(C)C(=Nc2ccc(N(C)C)cc2C)C(=O)N(c2cc(C(=O)O)ccc2OC)C1=O. The third kappa shape index (κ3) is 4.19.